The molecule has 0 fully saturated rings. The van der Waals surface area contributed by atoms with E-state index in [1.165, 1.54) is 11.8 Å². The molecule has 2 aromatic heterocycles. The molecular weight excluding hydrogens is 406 g/mol. The van der Waals surface area contributed by atoms with Gasteiger partial charge in [0.15, 0.2) is 0 Å². The molecule has 1 aromatic carbocycles. The monoisotopic (exact) mass is 431 g/mol. The van der Waals surface area contributed by atoms with Crippen LogP contribution in [0.2, 0.25) is 0 Å². The van der Waals surface area contributed by atoms with Gasteiger partial charge in [0.2, 0.25) is 5.91 Å². The number of carboxylic acid groups (broad SMARTS) is 1. The number of furan rings is 1. The summed E-state index contributed by atoms with van der Waals surface area (Å²) < 4.78 is 11.2. The molecule has 0 bridgehead atoms. The third kappa shape index (κ3) is 4.23. The number of hydrogen-bond donors (Lipinski definition) is 2. The largest absolute Gasteiger partial charge is 0.480 e. The maximum absolute atomic E-state index is 12.6. The van der Waals surface area contributed by atoms with Gasteiger partial charge in [-0.1, -0.05) is 0 Å². The summed E-state index contributed by atoms with van der Waals surface area (Å²) in [4.78, 5) is 36.2. The molecule has 160 valence electrons. The van der Waals surface area contributed by atoms with Crippen LogP contribution in [-0.4, -0.2) is 35.0 Å². The standard InChI is InChI=1S/C22H25NO6S/c1-11-10-28-19-13(3)20-16(9-15(11)19)12(2)14(22(27)29-20)5-6-18(24)23-17(21(25)26)7-8-30-4/h9-10,17H,5-8H2,1-4H3,(H,23,24)(H,25,26). The van der Waals surface area contributed by atoms with E-state index in [2.05, 4.69) is 5.32 Å². The number of fused-ring (bicyclic) bond motifs is 2. The van der Waals surface area contributed by atoms with Crippen LogP contribution >= 0.6 is 11.8 Å². The number of rotatable bonds is 8. The molecular formula is C22H25NO6S. The Labute approximate surface area is 177 Å². The summed E-state index contributed by atoms with van der Waals surface area (Å²) in [7, 11) is 0. The van der Waals surface area contributed by atoms with Crippen LogP contribution in [0.25, 0.3) is 21.9 Å². The molecule has 2 heterocycles. The molecule has 0 radical (unpaired) electrons. The quantitative estimate of drug-likeness (QED) is 0.523. The number of thioether (sulfide) groups is 1. The summed E-state index contributed by atoms with van der Waals surface area (Å²) in [5.74, 6) is -0.834. The molecule has 3 rings (SSSR count). The fourth-order valence-corrected chi connectivity index (χ4v) is 4.08. The summed E-state index contributed by atoms with van der Waals surface area (Å²) in [5, 5.41) is 13.6. The number of amides is 1. The van der Waals surface area contributed by atoms with Crippen molar-refractivity contribution >= 4 is 45.6 Å². The minimum absolute atomic E-state index is 0.00607. The van der Waals surface area contributed by atoms with E-state index in [0.29, 0.717) is 28.9 Å². The fraction of sp³-hybridized carbons (Fsp3) is 0.409. The van der Waals surface area contributed by atoms with E-state index < -0.39 is 23.5 Å². The number of nitrogens with one attached hydrogen (secondary N) is 1. The number of carboxylic acids is 1. The summed E-state index contributed by atoms with van der Waals surface area (Å²) in [6, 6.07) is 1.01. The topological polar surface area (TPSA) is 110 Å². The van der Waals surface area contributed by atoms with Crippen molar-refractivity contribution in [3.63, 3.8) is 0 Å². The Morgan fingerprint density at radius 3 is 2.57 bits per heavy atom. The van der Waals surface area contributed by atoms with E-state index in [9.17, 15) is 19.5 Å². The third-order valence-corrected chi connectivity index (χ3v) is 6.03. The summed E-state index contributed by atoms with van der Waals surface area (Å²) in [6.45, 7) is 5.64. The van der Waals surface area contributed by atoms with Crippen molar-refractivity contribution in [3.05, 3.63) is 45.0 Å². The number of hydrogen-bond acceptors (Lipinski definition) is 6. The number of carbonyl (C=O) groups is 2. The summed E-state index contributed by atoms with van der Waals surface area (Å²) in [6.07, 6.45) is 4.07. The molecule has 0 aliphatic carbocycles. The van der Waals surface area contributed by atoms with Crippen molar-refractivity contribution in [1.29, 1.82) is 0 Å². The Kier molecular flexibility index (Phi) is 6.55. The van der Waals surface area contributed by atoms with Gasteiger partial charge in [0.25, 0.3) is 0 Å². The molecule has 0 aliphatic heterocycles. The maximum Gasteiger partial charge on any atom is 0.339 e. The van der Waals surface area contributed by atoms with Crippen molar-refractivity contribution < 1.29 is 23.5 Å². The van der Waals surface area contributed by atoms with Crippen LogP contribution in [0.3, 0.4) is 0 Å². The van der Waals surface area contributed by atoms with Gasteiger partial charge in [0.1, 0.15) is 17.2 Å². The Balaban J connectivity index is 1.86. The molecule has 0 aliphatic rings. The van der Waals surface area contributed by atoms with Gasteiger partial charge in [-0.15, -0.1) is 0 Å². The average Bonchev–Trinajstić information content (AvgIpc) is 3.07. The highest BCUT2D eigenvalue weighted by Crippen LogP contribution is 2.32. The molecule has 0 spiro atoms. The molecule has 8 heteroatoms. The Hall–Kier alpha value is -2.74. The first kappa shape index (κ1) is 22.0. The highest BCUT2D eigenvalue weighted by atomic mass is 32.2. The molecule has 30 heavy (non-hydrogen) atoms. The molecule has 2 N–H and O–H groups in total. The van der Waals surface area contributed by atoms with Gasteiger partial charge >= 0.3 is 11.6 Å². The number of aliphatic carboxylic acids is 1. The van der Waals surface area contributed by atoms with Crippen molar-refractivity contribution in [2.24, 2.45) is 0 Å². The minimum atomic E-state index is -1.06. The van der Waals surface area contributed by atoms with Gasteiger partial charge in [-0.05, 0) is 62.8 Å². The van der Waals surface area contributed by atoms with Gasteiger partial charge in [0, 0.05) is 28.3 Å². The van der Waals surface area contributed by atoms with Crippen LogP contribution in [0.1, 0.15) is 35.1 Å². The van der Waals surface area contributed by atoms with E-state index in [-0.39, 0.29) is 12.8 Å². The number of carbonyl (C=O) groups excluding carboxylic acids is 1. The molecule has 1 atom stereocenters. The van der Waals surface area contributed by atoms with Gasteiger partial charge < -0.3 is 19.3 Å². The first-order valence-electron chi connectivity index (χ1n) is 9.69. The van der Waals surface area contributed by atoms with Crippen molar-refractivity contribution in [3.8, 4) is 0 Å². The molecule has 3 aromatic rings. The average molecular weight is 432 g/mol. The normalized spacial score (nSPS) is 12.4. The first-order valence-corrected chi connectivity index (χ1v) is 11.1. The van der Waals surface area contributed by atoms with Crippen molar-refractivity contribution in [2.45, 2.75) is 46.1 Å². The lowest BCUT2D eigenvalue weighted by Gasteiger charge is -2.14. The van der Waals surface area contributed by atoms with E-state index in [4.69, 9.17) is 8.83 Å². The Morgan fingerprint density at radius 1 is 1.17 bits per heavy atom. The molecule has 1 amide bonds. The van der Waals surface area contributed by atoms with Crippen LogP contribution in [0.15, 0.2) is 26.0 Å². The van der Waals surface area contributed by atoms with Crippen LogP contribution < -0.4 is 10.9 Å². The Bertz CT molecular complexity index is 1180. The third-order valence-electron chi connectivity index (χ3n) is 5.38. The first-order chi connectivity index (χ1) is 14.2. The van der Waals surface area contributed by atoms with Gasteiger partial charge in [-0.3, -0.25) is 4.79 Å². The van der Waals surface area contributed by atoms with Crippen LogP contribution in [0, 0.1) is 20.8 Å². The van der Waals surface area contributed by atoms with Gasteiger partial charge in [0.05, 0.1) is 6.26 Å². The second-order valence-electron chi connectivity index (χ2n) is 7.41. The molecule has 1 unspecified atom stereocenters. The van der Waals surface area contributed by atoms with Crippen LogP contribution in [-0.2, 0) is 16.0 Å². The summed E-state index contributed by atoms with van der Waals surface area (Å²) >= 11 is 1.52. The van der Waals surface area contributed by atoms with Crippen LogP contribution in [0.4, 0.5) is 0 Å². The van der Waals surface area contributed by atoms with E-state index in [1.807, 2.05) is 33.1 Å². The van der Waals surface area contributed by atoms with E-state index in [0.717, 1.165) is 27.5 Å². The number of aryl methyl sites for hydroxylation is 3. The lowest BCUT2D eigenvalue weighted by Crippen LogP contribution is -2.41. The maximum atomic E-state index is 12.6. The highest BCUT2D eigenvalue weighted by Gasteiger charge is 2.21. The predicted octanol–water partition coefficient (Wildman–Crippen LogP) is 3.72. The zero-order chi connectivity index (χ0) is 22.0. The Morgan fingerprint density at radius 2 is 1.90 bits per heavy atom. The number of benzene rings is 1. The molecule has 0 saturated carbocycles. The zero-order valence-electron chi connectivity index (χ0n) is 17.5. The fourth-order valence-electron chi connectivity index (χ4n) is 3.61. The van der Waals surface area contributed by atoms with E-state index in [1.54, 1.807) is 6.26 Å². The lowest BCUT2D eigenvalue weighted by atomic mass is 9.98. The summed E-state index contributed by atoms with van der Waals surface area (Å²) in [5.41, 5.74) is 3.63. The second kappa shape index (κ2) is 8.95. The zero-order valence-corrected chi connectivity index (χ0v) is 18.3. The van der Waals surface area contributed by atoms with Crippen LogP contribution in [0.5, 0.6) is 0 Å². The van der Waals surface area contributed by atoms with Crippen molar-refractivity contribution in [2.75, 3.05) is 12.0 Å². The van der Waals surface area contributed by atoms with Gasteiger partial charge in [-0.2, -0.15) is 11.8 Å². The lowest BCUT2D eigenvalue weighted by molar-refractivity contribution is -0.141. The minimum Gasteiger partial charge on any atom is -0.480 e. The molecule has 7 nitrogen and oxygen atoms in total. The SMILES string of the molecule is CSCCC(NC(=O)CCc1c(C)c2cc3c(C)coc3c(C)c2oc1=O)C(=O)O. The van der Waals surface area contributed by atoms with Crippen molar-refractivity contribution in [1.82, 2.24) is 5.32 Å². The van der Waals surface area contributed by atoms with Gasteiger partial charge in [-0.25, -0.2) is 9.59 Å². The smallest absolute Gasteiger partial charge is 0.339 e. The highest BCUT2D eigenvalue weighted by molar-refractivity contribution is 7.98. The second-order valence-corrected chi connectivity index (χ2v) is 8.39. The predicted molar refractivity (Wildman–Crippen MR) is 117 cm³/mol. The van der Waals surface area contributed by atoms with E-state index >= 15 is 0 Å². The molecule has 0 saturated heterocycles.